The number of ether oxygens (including phenoxy) is 2. The highest BCUT2D eigenvalue weighted by Gasteiger charge is 2.76. The van der Waals surface area contributed by atoms with Crippen LogP contribution in [0.4, 0.5) is 0 Å². The molecule has 0 aromatic heterocycles. The summed E-state index contributed by atoms with van der Waals surface area (Å²) in [4.78, 5) is 62.7. The number of aliphatic hydroxyl groups excluding tert-OH is 1. The number of aliphatic hydroxyl groups is 1. The highest BCUT2D eigenvalue weighted by atomic mass is 16.6. The molecule has 1 spiro atoms. The molecule has 4 aliphatic rings. The maximum Gasteiger partial charge on any atom is 0.313 e. The maximum absolute atomic E-state index is 15.1. The van der Waals surface area contributed by atoms with Gasteiger partial charge in [-0.05, 0) is 50.2 Å². The third kappa shape index (κ3) is 6.83. The number of hydrogen-bond donors (Lipinski definition) is 1. The fourth-order valence-electron chi connectivity index (χ4n) is 9.23. The number of benzene rings is 2. The van der Waals surface area contributed by atoms with E-state index in [4.69, 9.17) is 9.47 Å². The van der Waals surface area contributed by atoms with E-state index in [-0.39, 0.29) is 24.3 Å². The molecule has 3 heterocycles. The zero-order valence-electron chi connectivity index (χ0n) is 30.5. The molecule has 3 aliphatic heterocycles. The Labute approximate surface area is 307 Å². The molecule has 3 amide bonds. The first-order chi connectivity index (χ1) is 25.2. The van der Waals surface area contributed by atoms with Crippen LogP contribution in [0.5, 0.6) is 0 Å². The molecule has 10 heteroatoms. The van der Waals surface area contributed by atoms with Crippen LogP contribution < -0.4 is 0 Å². The average molecular weight is 712 g/mol. The van der Waals surface area contributed by atoms with Crippen LogP contribution in [-0.4, -0.2) is 93.5 Å². The molecule has 0 unspecified atom stereocenters. The number of allylic oxidation sites excluding steroid dienone is 1. The van der Waals surface area contributed by atoms with E-state index in [2.05, 4.69) is 13.2 Å². The Morgan fingerprint density at radius 1 is 1.00 bits per heavy atom. The van der Waals surface area contributed by atoms with Gasteiger partial charge in [-0.15, -0.1) is 13.2 Å². The largest absolute Gasteiger partial charge is 0.455 e. The van der Waals surface area contributed by atoms with Gasteiger partial charge in [-0.3, -0.25) is 19.2 Å². The fraction of sp³-hybridized carbons (Fsp3) is 0.524. The monoisotopic (exact) mass is 711 g/mol. The Balaban J connectivity index is 1.37. The topological polar surface area (TPSA) is 117 Å². The smallest absolute Gasteiger partial charge is 0.313 e. The fourth-order valence-corrected chi connectivity index (χ4v) is 9.23. The van der Waals surface area contributed by atoms with Gasteiger partial charge in [0, 0.05) is 26.1 Å². The molecule has 10 nitrogen and oxygen atoms in total. The number of rotatable bonds is 15. The van der Waals surface area contributed by atoms with Gasteiger partial charge in [0.25, 0.3) is 0 Å². The number of likely N-dealkylation sites (N-methyl/N-ethyl adjacent to an activating group) is 1. The van der Waals surface area contributed by atoms with Crippen molar-refractivity contribution in [3.8, 4) is 0 Å². The second kappa shape index (κ2) is 16.2. The van der Waals surface area contributed by atoms with Crippen LogP contribution in [0.3, 0.4) is 0 Å². The van der Waals surface area contributed by atoms with Crippen molar-refractivity contribution in [2.75, 3.05) is 20.2 Å². The lowest BCUT2D eigenvalue weighted by Crippen LogP contribution is -2.59. The summed E-state index contributed by atoms with van der Waals surface area (Å²) in [5, 5.41) is 10.9. The summed E-state index contributed by atoms with van der Waals surface area (Å²) in [5.74, 6) is -3.29. The predicted molar refractivity (Wildman–Crippen MR) is 196 cm³/mol. The van der Waals surface area contributed by atoms with Gasteiger partial charge in [0.1, 0.15) is 17.7 Å². The molecular weight excluding hydrogens is 658 g/mol. The van der Waals surface area contributed by atoms with Crippen LogP contribution in [0.15, 0.2) is 86.0 Å². The molecule has 8 atom stereocenters. The standard InChI is InChI=1S/C42H53N3O7/c1-5-7-23-34(47)43(4)28(3)37(30-19-13-9-14-20-30)51-41(50)35-33-24-25-42(52-33)36(35)39(48)45(32(27-46)29-17-11-8-12-18-29)38(42)40(49)44(26-6-2)31-21-15-10-16-22-31/h5-6,8-9,11-14,17-20,28,31-33,35-38,46H,1-2,7,10,15-16,21-27H2,3-4H3/t28-,32-,33+,35-,36-,37+,38+,42-/m1/s1. The minimum absolute atomic E-state index is 0.00498. The van der Waals surface area contributed by atoms with Crippen molar-refractivity contribution in [3.05, 3.63) is 97.1 Å². The number of nitrogens with zero attached hydrogens (tertiary/aromatic N) is 3. The summed E-state index contributed by atoms with van der Waals surface area (Å²) in [6, 6.07) is 16.1. The number of esters is 1. The van der Waals surface area contributed by atoms with Gasteiger partial charge < -0.3 is 29.3 Å². The summed E-state index contributed by atoms with van der Waals surface area (Å²) < 4.78 is 13.2. The number of fused-ring (bicyclic) bond motifs is 1. The van der Waals surface area contributed by atoms with Gasteiger partial charge >= 0.3 is 5.97 Å². The molecule has 2 aromatic carbocycles. The Morgan fingerprint density at radius 3 is 2.27 bits per heavy atom. The number of likely N-dealkylation sites (tertiary alicyclic amines) is 1. The summed E-state index contributed by atoms with van der Waals surface area (Å²) in [6.45, 7) is 9.44. The summed E-state index contributed by atoms with van der Waals surface area (Å²) >= 11 is 0. The van der Waals surface area contributed by atoms with Crippen molar-refractivity contribution >= 4 is 23.7 Å². The molecule has 2 bridgehead atoms. The molecule has 2 aromatic rings. The SMILES string of the molecule is C=CCCC(=O)N(C)[C@H](C)[C@H](OC(=O)[C@@H]1[C@@H]2CC[C@]3(O2)[C@H](C(=O)N(CC=C)C2CCCCC2)N([C@H](CO)c2ccccc2)C(=O)[C@@H]13)c1ccccc1. The zero-order valence-corrected chi connectivity index (χ0v) is 30.5. The van der Waals surface area contributed by atoms with Crippen molar-refractivity contribution in [3.63, 3.8) is 0 Å². The lowest BCUT2D eigenvalue weighted by Gasteiger charge is -2.42. The highest BCUT2D eigenvalue weighted by molar-refractivity contribution is 5.98. The van der Waals surface area contributed by atoms with E-state index in [1.807, 2.05) is 72.5 Å². The van der Waals surface area contributed by atoms with Gasteiger partial charge in [0.2, 0.25) is 17.7 Å². The summed E-state index contributed by atoms with van der Waals surface area (Å²) in [5.41, 5.74) is 0.135. The van der Waals surface area contributed by atoms with E-state index in [0.29, 0.717) is 31.4 Å². The maximum atomic E-state index is 15.1. The second-order valence-corrected chi connectivity index (χ2v) is 14.8. The van der Waals surface area contributed by atoms with Crippen LogP contribution in [-0.2, 0) is 28.7 Å². The molecule has 278 valence electrons. The Kier molecular flexibility index (Phi) is 11.7. The quantitative estimate of drug-likeness (QED) is 0.191. The first kappa shape index (κ1) is 37.5. The van der Waals surface area contributed by atoms with Crippen LogP contribution in [0.1, 0.15) is 88.0 Å². The number of carbonyl (C=O) groups is 4. The van der Waals surface area contributed by atoms with Crippen molar-refractivity contribution in [1.82, 2.24) is 14.7 Å². The molecule has 1 saturated carbocycles. The predicted octanol–water partition coefficient (Wildman–Crippen LogP) is 5.54. The summed E-state index contributed by atoms with van der Waals surface area (Å²) in [7, 11) is 1.70. The number of hydrogen-bond acceptors (Lipinski definition) is 7. The molecule has 52 heavy (non-hydrogen) atoms. The second-order valence-electron chi connectivity index (χ2n) is 14.8. The van der Waals surface area contributed by atoms with Crippen molar-refractivity contribution < 1.29 is 33.8 Å². The van der Waals surface area contributed by atoms with E-state index in [1.54, 1.807) is 24.1 Å². The van der Waals surface area contributed by atoms with Crippen LogP contribution >= 0.6 is 0 Å². The van der Waals surface area contributed by atoms with Crippen LogP contribution in [0.25, 0.3) is 0 Å². The normalized spacial score (nSPS) is 27.0. The van der Waals surface area contributed by atoms with E-state index < -0.39 is 66.3 Å². The van der Waals surface area contributed by atoms with Gasteiger partial charge in [-0.25, -0.2) is 0 Å². The van der Waals surface area contributed by atoms with Crippen molar-refractivity contribution in [2.24, 2.45) is 11.8 Å². The molecule has 4 fully saturated rings. The minimum atomic E-state index is -1.27. The molecule has 0 radical (unpaired) electrons. The molecule has 6 rings (SSSR count). The van der Waals surface area contributed by atoms with Gasteiger partial charge in [0.05, 0.1) is 36.6 Å². The van der Waals surface area contributed by atoms with E-state index in [0.717, 1.165) is 37.7 Å². The van der Waals surface area contributed by atoms with E-state index >= 15 is 4.79 Å². The van der Waals surface area contributed by atoms with Gasteiger partial charge in [-0.2, -0.15) is 0 Å². The van der Waals surface area contributed by atoms with Gasteiger partial charge in [0.15, 0.2) is 0 Å². The third-order valence-electron chi connectivity index (χ3n) is 11.9. The summed E-state index contributed by atoms with van der Waals surface area (Å²) in [6.07, 6.45) is 8.54. The molecule has 3 saturated heterocycles. The van der Waals surface area contributed by atoms with E-state index in [9.17, 15) is 19.5 Å². The minimum Gasteiger partial charge on any atom is -0.455 e. The lowest BCUT2D eigenvalue weighted by atomic mass is 9.70. The lowest BCUT2D eigenvalue weighted by molar-refractivity contribution is -0.165. The van der Waals surface area contributed by atoms with E-state index in [1.165, 1.54) is 4.90 Å². The van der Waals surface area contributed by atoms with Crippen LogP contribution in [0, 0.1) is 11.8 Å². The van der Waals surface area contributed by atoms with Crippen molar-refractivity contribution in [2.45, 2.75) is 107 Å². The van der Waals surface area contributed by atoms with Gasteiger partial charge in [-0.1, -0.05) is 92.1 Å². The highest BCUT2D eigenvalue weighted by Crippen LogP contribution is 2.60. The number of amides is 3. The molecule has 1 aliphatic carbocycles. The average Bonchev–Trinajstić information content (AvgIpc) is 3.83. The third-order valence-corrected chi connectivity index (χ3v) is 11.9. The molecule has 1 N–H and O–H groups in total. The zero-order chi connectivity index (χ0) is 37.0. The van der Waals surface area contributed by atoms with Crippen molar-refractivity contribution in [1.29, 1.82) is 0 Å². The molecular formula is C42H53N3O7. The first-order valence-corrected chi connectivity index (χ1v) is 18.9. The number of carbonyl (C=O) groups excluding carboxylic acids is 4. The Morgan fingerprint density at radius 2 is 1.65 bits per heavy atom. The first-order valence-electron chi connectivity index (χ1n) is 18.9. The van der Waals surface area contributed by atoms with Crippen LogP contribution in [0.2, 0.25) is 0 Å². The Bertz CT molecular complexity index is 1610. The Hall–Kier alpha value is -4.28.